The molecule has 0 radical (unpaired) electrons. The van der Waals surface area contributed by atoms with Gasteiger partial charge in [0, 0.05) is 13.0 Å². The van der Waals surface area contributed by atoms with E-state index in [0.717, 1.165) is 0 Å². The number of hydrogen-bond donors (Lipinski definition) is 0. The zero-order valence-electron chi connectivity index (χ0n) is 14.2. The minimum absolute atomic E-state index is 0.186. The summed E-state index contributed by atoms with van der Waals surface area (Å²) in [5.41, 5.74) is -0.764. The van der Waals surface area contributed by atoms with E-state index in [0.29, 0.717) is 0 Å². The highest BCUT2D eigenvalue weighted by atomic mass is 35.5. The Hall–Kier alpha value is -0.700. The first kappa shape index (κ1) is 28.3. The van der Waals surface area contributed by atoms with Crippen molar-refractivity contribution in [3.8, 4) is 0 Å². The van der Waals surface area contributed by atoms with Crippen LogP contribution in [0.2, 0.25) is 0 Å². The molecule has 0 aliphatic rings. The molecule has 0 amide bonds. The van der Waals surface area contributed by atoms with Crippen LogP contribution in [0.5, 0.6) is 0 Å². The van der Waals surface area contributed by atoms with Crippen molar-refractivity contribution in [3.63, 3.8) is 0 Å². The molecule has 0 aliphatic heterocycles. The van der Waals surface area contributed by atoms with Crippen molar-refractivity contribution in [2.24, 2.45) is 0 Å². The summed E-state index contributed by atoms with van der Waals surface area (Å²) < 4.78 is 176. The highest BCUT2D eigenvalue weighted by Gasteiger charge is 2.90. The van der Waals surface area contributed by atoms with Gasteiger partial charge < -0.3 is 9.47 Å². The first-order chi connectivity index (χ1) is 12.7. The zero-order valence-corrected chi connectivity index (χ0v) is 15.0. The summed E-state index contributed by atoms with van der Waals surface area (Å²) >= 11 is 5.35. The SMILES string of the molecule is CC(Cl)OCCOCCCC(F)(F)C(F)(F)C(F)(F)C(F)(F)C(F)(F)C(F)(F)F. The number of rotatable bonds is 12. The van der Waals surface area contributed by atoms with Crippen molar-refractivity contribution in [2.45, 2.75) is 61.1 Å². The quantitative estimate of drug-likeness (QED) is 0.189. The fraction of sp³-hybridized carbons (Fsp3) is 1.00. The molecule has 0 aromatic rings. The zero-order chi connectivity index (χ0) is 23.5. The molecule has 0 N–H and O–H groups in total. The van der Waals surface area contributed by atoms with E-state index in [4.69, 9.17) is 16.3 Å². The van der Waals surface area contributed by atoms with Crippen molar-refractivity contribution in [2.75, 3.05) is 19.8 Å². The largest absolute Gasteiger partial charge is 0.460 e. The Morgan fingerprint density at radius 3 is 1.52 bits per heavy atom. The third kappa shape index (κ3) is 5.71. The molecule has 0 aromatic heterocycles. The van der Waals surface area contributed by atoms with Crippen molar-refractivity contribution in [3.05, 3.63) is 0 Å². The van der Waals surface area contributed by atoms with Gasteiger partial charge >= 0.3 is 35.8 Å². The van der Waals surface area contributed by atoms with Gasteiger partial charge in [-0.05, 0) is 13.3 Å². The second-order valence-electron chi connectivity index (χ2n) is 5.63. The Bertz CT molecular complexity index is 519. The summed E-state index contributed by atoms with van der Waals surface area (Å²) in [4.78, 5) is 0. The topological polar surface area (TPSA) is 18.5 Å². The van der Waals surface area contributed by atoms with Gasteiger partial charge in [-0.3, -0.25) is 0 Å². The molecule has 16 heteroatoms. The molecule has 176 valence electrons. The van der Waals surface area contributed by atoms with Crippen LogP contribution < -0.4 is 0 Å². The van der Waals surface area contributed by atoms with Crippen LogP contribution >= 0.6 is 11.6 Å². The standard InChI is InChI=1S/C13H14ClF13O2/c1-7(14)29-6-5-28-4-2-3-8(15,16)9(17,18)10(19,20)11(21,22)12(23,24)13(25,26)27/h7H,2-6H2,1H3. The number of ether oxygens (including phenoxy) is 2. The number of halogens is 14. The highest BCUT2D eigenvalue weighted by molar-refractivity contribution is 6.19. The maximum Gasteiger partial charge on any atom is 0.460 e. The average Bonchev–Trinajstić information content (AvgIpc) is 2.51. The lowest BCUT2D eigenvalue weighted by molar-refractivity contribution is -0.440. The van der Waals surface area contributed by atoms with E-state index >= 15 is 0 Å². The lowest BCUT2D eigenvalue weighted by Gasteiger charge is -2.39. The van der Waals surface area contributed by atoms with Gasteiger partial charge in [-0.25, -0.2) is 0 Å². The summed E-state index contributed by atoms with van der Waals surface area (Å²) in [5.74, 6) is -36.7. The smallest absolute Gasteiger partial charge is 0.379 e. The lowest BCUT2D eigenvalue weighted by Crippen LogP contribution is -2.70. The van der Waals surface area contributed by atoms with E-state index in [1.165, 1.54) is 6.92 Å². The van der Waals surface area contributed by atoms with E-state index in [1.54, 1.807) is 0 Å². The molecule has 0 heterocycles. The minimum atomic E-state index is -7.88. The van der Waals surface area contributed by atoms with Crippen LogP contribution in [0, 0.1) is 0 Å². The van der Waals surface area contributed by atoms with Crippen LogP contribution in [0.25, 0.3) is 0 Å². The van der Waals surface area contributed by atoms with Gasteiger partial charge in [-0.1, -0.05) is 11.6 Å². The van der Waals surface area contributed by atoms with Crippen LogP contribution in [0.3, 0.4) is 0 Å². The fourth-order valence-corrected chi connectivity index (χ4v) is 1.82. The lowest BCUT2D eigenvalue weighted by atomic mass is 9.92. The van der Waals surface area contributed by atoms with Gasteiger partial charge in [0.2, 0.25) is 0 Å². The molecular formula is C13H14ClF13O2. The molecular weight excluding hydrogens is 471 g/mol. The third-order valence-electron chi connectivity index (χ3n) is 3.35. The van der Waals surface area contributed by atoms with Gasteiger partial charge in [-0.2, -0.15) is 57.1 Å². The highest BCUT2D eigenvalue weighted by Crippen LogP contribution is 2.60. The third-order valence-corrected chi connectivity index (χ3v) is 3.48. The Balaban J connectivity index is 5.26. The van der Waals surface area contributed by atoms with Gasteiger partial charge in [0.25, 0.3) is 0 Å². The van der Waals surface area contributed by atoms with Crippen LogP contribution in [-0.4, -0.2) is 61.2 Å². The summed E-state index contributed by atoms with van der Waals surface area (Å²) in [6, 6.07) is 0. The maximum absolute atomic E-state index is 13.4. The first-order valence-electron chi connectivity index (χ1n) is 7.46. The molecule has 0 aliphatic carbocycles. The van der Waals surface area contributed by atoms with E-state index in [1.807, 2.05) is 0 Å². The number of alkyl halides is 14. The second-order valence-corrected chi connectivity index (χ2v) is 6.24. The monoisotopic (exact) mass is 484 g/mol. The summed E-state index contributed by atoms with van der Waals surface area (Å²) in [5, 5.41) is 0. The Morgan fingerprint density at radius 2 is 1.10 bits per heavy atom. The molecule has 0 saturated heterocycles. The predicted octanol–water partition coefficient (Wildman–Crippen LogP) is 6.12. The first-order valence-corrected chi connectivity index (χ1v) is 7.89. The average molecular weight is 485 g/mol. The van der Waals surface area contributed by atoms with E-state index in [2.05, 4.69) is 4.74 Å². The van der Waals surface area contributed by atoms with Crippen LogP contribution in [-0.2, 0) is 9.47 Å². The maximum atomic E-state index is 13.4. The van der Waals surface area contributed by atoms with Gasteiger partial charge in [0.05, 0.1) is 13.2 Å². The normalized spacial score (nSPS) is 16.2. The molecule has 0 saturated carbocycles. The molecule has 29 heavy (non-hydrogen) atoms. The van der Waals surface area contributed by atoms with Crippen molar-refractivity contribution in [1.29, 1.82) is 0 Å². The van der Waals surface area contributed by atoms with E-state index < -0.39 is 60.8 Å². The molecule has 0 fully saturated rings. The van der Waals surface area contributed by atoms with Crippen molar-refractivity contribution < 1.29 is 66.5 Å². The fourth-order valence-electron chi connectivity index (χ4n) is 1.73. The van der Waals surface area contributed by atoms with Crippen LogP contribution in [0.1, 0.15) is 19.8 Å². The summed E-state index contributed by atoms with van der Waals surface area (Å²) in [6.45, 7) is 0.0912. The van der Waals surface area contributed by atoms with Crippen LogP contribution in [0.15, 0.2) is 0 Å². The van der Waals surface area contributed by atoms with Gasteiger partial charge in [0.1, 0.15) is 5.56 Å². The van der Waals surface area contributed by atoms with Gasteiger partial charge in [0.15, 0.2) is 0 Å². The Morgan fingerprint density at radius 1 is 0.655 bits per heavy atom. The predicted molar refractivity (Wildman–Crippen MR) is 72.1 cm³/mol. The number of hydrogen-bond acceptors (Lipinski definition) is 2. The molecule has 0 spiro atoms. The van der Waals surface area contributed by atoms with Crippen molar-refractivity contribution >= 4 is 11.6 Å². The molecule has 1 unspecified atom stereocenters. The van der Waals surface area contributed by atoms with E-state index in [-0.39, 0.29) is 13.2 Å². The van der Waals surface area contributed by atoms with Crippen molar-refractivity contribution in [1.82, 2.24) is 0 Å². The second kappa shape index (κ2) is 9.20. The van der Waals surface area contributed by atoms with Gasteiger partial charge in [-0.15, -0.1) is 0 Å². The Labute approximate surface area is 160 Å². The summed E-state index contributed by atoms with van der Waals surface area (Å²) in [6.07, 6.45) is -10.9. The van der Waals surface area contributed by atoms with E-state index in [9.17, 15) is 57.1 Å². The molecule has 2 nitrogen and oxygen atoms in total. The molecule has 0 rings (SSSR count). The molecule has 1 atom stereocenters. The van der Waals surface area contributed by atoms with Crippen LogP contribution in [0.4, 0.5) is 57.1 Å². The molecule has 0 aromatic carbocycles. The molecule has 0 bridgehead atoms. The Kier molecular flexibility index (Phi) is 8.98. The minimum Gasteiger partial charge on any atom is -0.379 e. The summed E-state index contributed by atoms with van der Waals surface area (Å²) in [7, 11) is 0.